The second-order valence-corrected chi connectivity index (χ2v) is 8.28. The summed E-state index contributed by atoms with van der Waals surface area (Å²) in [6.45, 7) is 0.936. The summed E-state index contributed by atoms with van der Waals surface area (Å²) in [5, 5.41) is 12.0. The van der Waals surface area contributed by atoms with Crippen LogP contribution in [0.5, 0.6) is 0 Å². The van der Waals surface area contributed by atoms with Gasteiger partial charge in [-0.15, -0.1) is 6.42 Å². The number of fused-ring (bicyclic) bond motifs is 1. The number of hydrogen-bond donors (Lipinski definition) is 4. The summed E-state index contributed by atoms with van der Waals surface area (Å²) in [4.78, 5) is 34.6. The molecule has 2 aliphatic rings. The van der Waals surface area contributed by atoms with Gasteiger partial charge in [0.1, 0.15) is 0 Å². The lowest BCUT2D eigenvalue weighted by Crippen LogP contribution is -2.36. The Labute approximate surface area is 165 Å². The van der Waals surface area contributed by atoms with E-state index in [1.165, 1.54) is 0 Å². The minimum absolute atomic E-state index is 0.0170. The number of carbonyl (C=O) groups excluding carboxylic acids is 3. The molecule has 2 fully saturated rings. The molecule has 4 N–H and O–H groups in total. The Balaban J connectivity index is 1.41. The fourth-order valence-corrected chi connectivity index (χ4v) is 4.96. The van der Waals surface area contributed by atoms with E-state index in [1.54, 1.807) is 0 Å². The van der Waals surface area contributed by atoms with Crippen LogP contribution in [0.1, 0.15) is 51.4 Å². The molecule has 0 spiro atoms. The van der Waals surface area contributed by atoms with Crippen LogP contribution in [0.25, 0.3) is 0 Å². The van der Waals surface area contributed by atoms with E-state index < -0.39 is 0 Å². The van der Waals surface area contributed by atoms with Crippen LogP contribution in [0.2, 0.25) is 0 Å². The Hall–Kier alpha value is -1.88. The molecule has 0 aliphatic carbocycles. The van der Waals surface area contributed by atoms with E-state index in [1.807, 2.05) is 11.8 Å². The monoisotopic (exact) mass is 394 g/mol. The van der Waals surface area contributed by atoms with Gasteiger partial charge >= 0.3 is 6.03 Å². The molecule has 2 rings (SSSR count). The SMILES string of the molecule is C#CCNC(=O)CCCCCNC(=O)CCCC[C@@H]1SC[C@@H]2NC(=O)N[C@@H]21. The second kappa shape index (κ2) is 11.8. The largest absolute Gasteiger partial charge is 0.356 e. The number of hydrogen-bond acceptors (Lipinski definition) is 4. The number of carbonyl (C=O) groups is 3. The lowest BCUT2D eigenvalue weighted by molar-refractivity contribution is -0.122. The zero-order valence-electron chi connectivity index (χ0n) is 15.7. The Morgan fingerprint density at radius 2 is 1.81 bits per heavy atom. The van der Waals surface area contributed by atoms with Crippen LogP contribution in [0.3, 0.4) is 0 Å². The highest BCUT2D eigenvalue weighted by molar-refractivity contribution is 8.00. The summed E-state index contributed by atoms with van der Waals surface area (Å²) < 4.78 is 0. The lowest BCUT2D eigenvalue weighted by atomic mass is 10.0. The van der Waals surface area contributed by atoms with Crippen molar-refractivity contribution in [3.8, 4) is 12.3 Å². The highest BCUT2D eigenvalue weighted by atomic mass is 32.2. The zero-order valence-corrected chi connectivity index (χ0v) is 16.5. The first-order valence-electron chi connectivity index (χ1n) is 9.75. The van der Waals surface area contributed by atoms with Crippen LogP contribution in [0, 0.1) is 12.3 Å². The summed E-state index contributed by atoms with van der Waals surface area (Å²) in [7, 11) is 0. The molecule has 0 unspecified atom stereocenters. The number of terminal acetylenes is 1. The van der Waals surface area contributed by atoms with Crippen LogP contribution >= 0.6 is 11.8 Å². The molecule has 2 heterocycles. The summed E-state index contributed by atoms with van der Waals surface area (Å²) in [5.74, 6) is 3.42. The van der Waals surface area contributed by atoms with Gasteiger partial charge < -0.3 is 21.3 Å². The van der Waals surface area contributed by atoms with Gasteiger partial charge in [-0.1, -0.05) is 18.8 Å². The lowest BCUT2D eigenvalue weighted by Gasteiger charge is -2.16. The second-order valence-electron chi connectivity index (χ2n) is 7.01. The van der Waals surface area contributed by atoms with E-state index in [0.717, 1.165) is 44.3 Å². The van der Waals surface area contributed by atoms with Gasteiger partial charge in [-0.05, 0) is 25.7 Å². The van der Waals surface area contributed by atoms with Gasteiger partial charge in [-0.25, -0.2) is 4.79 Å². The maximum atomic E-state index is 11.9. The number of nitrogens with one attached hydrogen (secondary N) is 4. The van der Waals surface area contributed by atoms with Crippen molar-refractivity contribution >= 4 is 29.6 Å². The minimum Gasteiger partial charge on any atom is -0.356 e. The predicted molar refractivity (Wildman–Crippen MR) is 107 cm³/mol. The topological polar surface area (TPSA) is 99.3 Å². The first-order valence-corrected chi connectivity index (χ1v) is 10.8. The van der Waals surface area contributed by atoms with Crippen LogP contribution in [0.4, 0.5) is 4.79 Å². The molecule has 2 saturated heterocycles. The molecule has 8 heteroatoms. The van der Waals surface area contributed by atoms with Gasteiger partial charge in [0.15, 0.2) is 0 Å². The molecule has 2 aliphatic heterocycles. The van der Waals surface area contributed by atoms with Gasteiger partial charge in [0.05, 0.1) is 18.6 Å². The van der Waals surface area contributed by atoms with Crippen molar-refractivity contribution in [2.75, 3.05) is 18.8 Å². The van der Waals surface area contributed by atoms with Crippen LogP contribution in [-0.4, -0.2) is 54.0 Å². The Kier molecular flexibility index (Phi) is 9.32. The molecule has 0 radical (unpaired) electrons. The van der Waals surface area contributed by atoms with Crippen molar-refractivity contribution in [3.05, 3.63) is 0 Å². The first-order chi connectivity index (χ1) is 13.1. The van der Waals surface area contributed by atoms with E-state index in [-0.39, 0.29) is 36.5 Å². The molecule has 0 aromatic carbocycles. The number of unbranched alkanes of at least 4 members (excludes halogenated alkanes) is 3. The summed E-state index contributed by atoms with van der Waals surface area (Å²) in [5.41, 5.74) is 0. The van der Waals surface area contributed by atoms with Gasteiger partial charge in [0.25, 0.3) is 0 Å². The third-order valence-electron chi connectivity index (χ3n) is 4.87. The molecule has 27 heavy (non-hydrogen) atoms. The third-order valence-corrected chi connectivity index (χ3v) is 6.38. The molecule has 0 aromatic rings. The van der Waals surface area contributed by atoms with Gasteiger partial charge in [0.2, 0.25) is 11.8 Å². The van der Waals surface area contributed by atoms with Crippen LogP contribution in [0.15, 0.2) is 0 Å². The summed E-state index contributed by atoms with van der Waals surface area (Å²) in [6, 6.07) is 0.451. The summed E-state index contributed by atoms with van der Waals surface area (Å²) >= 11 is 1.91. The molecule has 4 amide bonds. The quantitative estimate of drug-likeness (QED) is 0.227. The summed E-state index contributed by atoms with van der Waals surface area (Å²) in [6.07, 6.45) is 11.6. The van der Waals surface area contributed by atoms with Crippen molar-refractivity contribution < 1.29 is 14.4 Å². The minimum atomic E-state index is -0.0529. The average molecular weight is 395 g/mol. The third kappa shape index (κ3) is 7.71. The van der Waals surface area contributed by atoms with Crippen LogP contribution < -0.4 is 21.3 Å². The highest BCUT2D eigenvalue weighted by Crippen LogP contribution is 2.33. The Morgan fingerprint density at radius 1 is 1.07 bits per heavy atom. The fourth-order valence-electron chi connectivity index (χ4n) is 3.42. The number of rotatable bonds is 12. The maximum absolute atomic E-state index is 11.9. The molecule has 7 nitrogen and oxygen atoms in total. The fraction of sp³-hybridized carbons (Fsp3) is 0.737. The molecular formula is C19H30N4O3S. The molecular weight excluding hydrogens is 364 g/mol. The predicted octanol–water partition coefficient (Wildman–Crippen LogP) is 1.14. The molecule has 0 bridgehead atoms. The number of thioether (sulfide) groups is 1. The van der Waals surface area contributed by atoms with Crippen molar-refractivity contribution in [3.63, 3.8) is 0 Å². The standard InChI is InChI=1S/C19H30N4O3S/c1-2-11-20-16(24)9-4-3-7-12-21-17(25)10-6-5-8-15-18-14(13-27-15)22-19(26)23-18/h1,14-15,18H,3-13H2,(H,20,24)(H,21,25)(H2,22,23,26)/t14-,15-,18-/m0/s1. The van der Waals surface area contributed by atoms with Crippen molar-refractivity contribution in [2.45, 2.75) is 68.7 Å². The van der Waals surface area contributed by atoms with E-state index in [0.29, 0.717) is 24.6 Å². The maximum Gasteiger partial charge on any atom is 0.315 e. The molecule has 0 saturated carbocycles. The van der Waals surface area contributed by atoms with E-state index in [4.69, 9.17) is 6.42 Å². The zero-order chi connectivity index (χ0) is 19.5. The Bertz CT molecular complexity index is 564. The van der Waals surface area contributed by atoms with Crippen molar-refractivity contribution in [1.82, 2.24) is 21.3 Å². The van der Waals surface area contributed by atoms with Gasteiger partial charge in [-0.2, -0.15) is 11.8 Å². The van der Waals surface area contributed by atoms with Gasteiger partial charge in [0, 0.05) is 30.4 Å². The van der Waals surface area contributed by atoms with E-state index >= 15 is 0 Å². The molecule has 150 valence electrons. The van der Waals surface area contributed by atoms with E-state index in [9.17, 15) is 14.4 Å². The smallest absolute Gasteiger partial charge is 0.315 e. The molecule has 3 atom stereocenters. The number of amides is 4. The highest BCUT2D eigenvalue weighted by Gasteiger charge is 2.42. The van der Waals surface area contributed by atoms with E-state index in [2.05, 4.69) is 27.2 Å². The molecule has 0 aromatic heterocycles. The number of urea groups is 1. The Morgan fingerprint density at radius 3 is 2.59 bits per heavy atom. The first kappa shape index (κ1) is 21.4. The van der Waals surface area contributed by atoms with Crippen molar-refractivity contribution in [2.24, 2.45) is 0 Å². The normalized spacial score (nSPS) is 23.1. The van der Waals surface area contributed by atoms with Gasteiger partial charge in [-0.3, -0.25) is 9.59 Å². The average Bonchev–Trinajstić information content (AvgIpc) is 3.19. The van der Waals surface area contributed by atoms with Crippen molar-refractivity contribution in [1.29, 1.82) is 0 Å². The van der Waals surface area contributed by atoms with Crippen LogP contribution in [-0.2, 0) is 9.59 Å².